The maximum Gasteiger partial charge on any atom is 0.276 e. The summed E-state index contributed by atoms with van der Waals surface area (Å²) in [4.78, 5) is 9.44. The zero-order valence-corrected chi connectivity index (χ0v) is 7.32. The second-order valence-electron chi connectivity index (χ2n) is 2.60. The Morgan fingerprint density at radius 2 is 2.07 bits per heavy atom. The third-order valence-corrected chi connectivity index (χ3v) is 1.44. The van der Waals surface area contributed by atoms with Crippen molar-refractivity contribution in [3.8, 4) is 5.75 Å². The van der Waals surface area contributed by atoms with Crippen molar-refractivity contribution in [3.63, 3.8) is 0 Å². The van der Waals surface area contributed by atoms with Gasteiger partial charge in [0.2, 0.25) is 0 Å². The molecule has 7 heteroatoms. The summed E-state index contributed by atoms with van der Waals surface area (Å²) < 4.78 is 40.6. The fourth-order valence-electron chi connectivity index (χ4n) is 0.896. The number of benzene rings is 1. The minimum atomic E-state index is -2.72. The Bertz CT molecular complexity index is 370. The Balaban J connectivity index is 2.84. The van der Waals surface area contributed by atoms with Gasteiger partial charge in [-0.3, -0.25) is 10.1 Å². The predicted octanol–water partition coefficient (Wildman–Crippen LogP) is 2.38. The SMILES string of the molecule is O=[N+]([O-])c1cc(F)cc(OCC(F)F)c1. The summed E-state index contributed by atoms with van der Waals surface area (Å²) in [7, 11) is 0. The number of rotatable bonds is 4. The zero-order chi connectivity index (χ0) is 11.4. The van der Waals surface area contributed by atoms with Crippen LogP contribution in [0.1, 0.15) is 0 Å². The van der Waals surface area contributed by atoms with E-state index in [1.807, 2.05) is 0 Å². The van der Waals surface area contributed by atoms with Crippen molar-refractivity contribution in [2.45, 2.75) is 6.43 Å². The number of non-ortho nitro benzene ring substituents is 1. The number of hydrogen-bond donors (Lipinski definition) is 0. The number of nitrogens with zero attached hydrogens (tertiary/aromatic N) is 1. The maximum atomic E-state index is 12.7. The van der Waals surface area contributed by atoms with Crippen LogP contribution >= 0.6 is 0 Å². The Kier molecular flexibility index (Phi) is 3.48. The van der Waals surface area contributed by atoms with Crippen LogP contribution in [0.15, 0.2) is 18.2 Å². The molecule has 1 aromatic rings. The van der Waals surface area contributed by atoms with Gasteiger partial charge in [0, 0.05) is 6.07 Å². The lowest BCUT2D eigenvalue weighted by atomic mass is 10.3. The number of alkyl halides is 2. The molecule has 1 rings (SSSR count). The lowest BCUT2D eigenvalue weighted by Crippen LogP contribution is -2.07. The summed E-state index contributed by atoms with van der Waals surface area (Å²) >= 11 is 0. The van der Waals surface area contributed by atoms with E-state index < -0.39 is 29.5 Å². The van der Waals surface area contributed by atoms with Crippen LogP contribution in [0.4, 0.5) is 18.9 Å². The van der Waals surface area contributed by atoms with E-state index in [1.54, 1.807) is 0 Å². The molecule has 0 aliphatic carbocycles. The smallest absolute Gasteiger partial charge is 0.276 e. The van der Waals surface area contributed by atoms with Crippen LogP contribution in [0.25, 0.3) is 0 Å². The van der Waals surface area contributed by atoms with Crippen LogP contribution in [0.2, 0.25) is 0 Å². The van der Waals surface area contributed by atoms with Crippen LogP contribution < -0.4 is 4.74 Å². The average Bonchev–Trinajstić information content (AvgIpc) is 2.13. The molecule has 15 heavy (non-hydrogen) atoms. The van der Waals surface area contributed by atoms with E-state index in [-0.39, 0.29) is 5.75 Å². The van der Waals surface area contributed by atoms with Gasteiger partial charge in [0.25, 0.3) is 12.1 Å². The van der Waals surface area contributed by atoms with E-state index in [1.165, 1.54) is 0 Å². The Labute approximate surface area is 82.4 Å². The normalized spacial score (nSPS) is 10.4. The second-order valence-corrected chi connectivity index (χ2v) is 2.60. The summed E-state index contributed by atoms with van der Waals surface area (Å²) in [6.45, 7) is -0.930. The first-order valence-electron chi connectivity index (χ1n) is 3.85. The third-order valence-electron chi connectivity index (χ3n) is 1.44. The monoisotopic (exact) mass is 221 g/mol. The summed E-state index contributed by atoms with van der Waals surface area (Å²) in [6.07, 6.45) is -2.72. The van der Waals surface area contributed by atoms with Crippen LogP contribution in [0.5, 0.6) is 5.75 Å². The van der Waals surface area contributed by atoms with E-state index in [9.17, 15) is 23.3 Å². The van der Waals surface area contributed by atoms with Crippen molar-refractivity contribution in [3.05, 3.63) is 34.1 Å². The number of ether oxygens (including phenoxy) is 1. The fraction of sp³-hybridized carbons (Fsp3) is 0.250. The van der Waals surface area contributed by atoms with Crippen LogP contribution in [0.3, 0.4) is 0 Å². The van der Waals surface area contributed by atoms with Gasteiger partial charge in [-0.2, -0.15) is 0 Å². The molecular weight excluding hydrogens is 215 g/mol. The van der Waals surface area contributed by atoms with E-state index >= 15 is 0 Å². The highest BCUT2D eigenvalue weighted by molar-refractivity contribution is 5.38. The second kappa shape index (κ2) is 4.63. The first-order valence-corrected chi connectivity index (χ1v) is 3.85. The van der Waals surface area contributed by atoms with Crippen LogP contribution in [0, 0.1) is 15.9 Å². The van der Waals surface area contributed by atoms with Gasteiger partial charge >= 0.3 is 0 Å². The Morgan fingerprint density at radius 1 is 1.40 bits per heavy atom. The van der Waals surface area contributed by atoms with Gasteiger partial charge in [0.1, 0.15) is 18.2 Å². The topological polar surface area (TPSA) is 52.4 Å². The first-order chi connectivity index (χ1) is 6.99. The van der Waals surface area contributed by atoms with Crippen molar-refractivity contribution >= 4 is 5.69 Å². The number of nitro groups is 1. The summed E-state index contributed by atoms with van der Waals surface area (Å²) in [5, 5.41) is 10.3. The molecule has 0 aliphatic heterocycles. The minimum absolute atomic E-state index is 0.290. The van der Waals surface area contributed by atoms with Crippen molar-refractivity contribution in [2.75, 3.05) is 6.61 Å². The molecule has 0 heterocycles. The van der Waals surface area contributed by atoms with E-state index in [0.717, 1.165) is 12.1 Å². The van der Waals surface area contributed by atoms with Crippen LogP contribution in [-0.2, 0) is 0 Å². The van der Waals surface area contributed by atoms with Crippen molar-refractivity contribution in [1.29, 1.82) is 0 Å². The van der Waals surface area contributed by atoms with Gasteiger partial charge in [-0.25, -0.2) is 13.2 Å². The molecule has 1 aromatic carbocycles. The molecule has 0 unspecified atom stereocenters. The molecule has 0 aromatic heterocycles. The highest BCUT2D eigenvalue weighted by Gasteiger charge is 2.11. The number of nitro benzene ring substituents is 1. The lowest BCUT2D eigenvalue weighted by Gasteiger charge is -2.04. The Hall–Kier alpha value is -1.79. The van der Waals surface area contributed by atoms with Gasteiger partial charge in [-0.1, -0.05) is 0 Å². The highest BCUT2D eigenvalue weighted by atomic mass is 19.3. The van der Waals surface area contributed by atoms with Gasteiger partial charge < -0.3 is 4.74 Å². The zero-order valence-electron chi connectivity index (χ0n) is 7.32. The molecule has 0 spiro atoms. The van der Waals surface area contributed by atoms with Gasteiger partial charge in [0.05, 0.1) is 17.1 Å². The largest absolute Gasteiger partial charge is 0.487 e. The molecule has 0 saturated carbocycles. The molecule has 0 atom stereocenters. The molecule has 0 bridgehead atoms. The maximum absolute atomic E-state index is 12.7. The molecule has 0 N–H and O–H groups in total. The minimum Gasteiger partial charge on any atom is -0.487 e. The molecule has 4 nitrogen and oxygen atoms in total. The first kappa shape index (κ1) is 11.3. The molecule has 0 aliphatic rings. The van der Waals surface area contributed by atoms with Crippen molar-refractivity contribution in [2.24, 2.45) is 0 Å². The quantitative estimate of drug-likeness (QED) is 0.579. The average molecular weight is 221 g/mol. The van der Waals surface area contributed by atoms with Crippen molar-refractivity contribution < 1.29 is 22.8 Å². The fourth-order valence-corrected chi connectivity index (χ4v) is 0.896. The highest BCUT2D eigenvalue weighted by Crippen LogP contribution is 2.22. The molecule has 0 fully saturated rings. The van der Waals surface area contributed by atoms with E-state index in [2.05, 4.69) is 4.74 Å². The van der Waals surface area contributed by atoms with Gasteiger partial charge in [0.15, 0.2) is 0 Å². The molecule has 82 valence electrons. The molecule has 0 radical (unpaired) electrons. The Morgan fingerprint density at radius 3 is 2.60 bits per heavy atom. The van der Waals surface area contributed by atoms with Crippen LogP contribution in [-0.4, -0.2) is 18.0 Å². The number of halogens is 3. The van der Waals surface area contributed by atoms with Crippen molar-refractivity contribution in [1.82, 2.24) is 0 Å². The lowest BCUT2D eigenvalue weighted by molar-refractivity contribution is -0.385. The molecular formula is C8H6F3NO3. The molecule has 0 amide bonds. The summed E-state index contributed by atoms with van der Waals surface area (Å²) in [5.41, 5.74) is -0.542. The number of hydrogen-bond acceptors (Lipinski definition) is 3. The van der Waals surface area contributed by atoms with Gasteiger partial charge in [-0.15, -0.1) is 0 Å². The predicted molar refractivity (Wildman–Crippen MR) is 44.6 cm³/mol. The van der Waals surface area contributed by atoms with Gasteiger partial charge in [-0.05, 0) is 0 Å². The summed E-state index contributed by atoms with van der Waals surface area (Å²) in [5.74, 6) is -1.20. The standard InChI is InChI=1S/C8H6F3NO3/c9-5-1-6(12(13)14)3-7(2-5)15-4-8(10)11/h1-3,8H,4H2. The van der Waals surface area contributed by atoms with E-state index in [0.29, 0.717) is 6.07 Å². The molecule has 0 saturated heterocycles. The third kappa shape index (κ3) is 3.45. The van der Waals surface area contributed by atoms with E-state index in [4.69, 9.17) is 0 Å². The summed E-state index contributed by atoms with van der Waals surface area (Å²) in [6, 6.07) is 2.36.